The van der Waals surface area contributed by atoms with Crippen LogP contribution in [0.2, 0.25) is 5.02 Å². The number of halogens is 1. The normalized spacial score (nSPS) is 11.7. The Kier molecular flexibility index (Phi) is 7.27. The molecule has 178 valence electrons. The molecule has 0 radical (unpaired) electrons. The summed E-state index contributed by atoms with van der Waals surface area (Å²) in [5, 5.41) is 13.7. The Labute approximate surface area is 207 Å². The van der Waals surface area contributed by atoms with Crippen molar-refractivity contribution in [1.82, 2.24) is 10.1 Å². The minimum Gasteiger partial charge on any atom is -0.481 e. The molecular formula is C27H23ClN2O5. The molecule has 4 aromatic rings. The zero-order chi connectivity index (χ0) is 24.9. The minimum atomic E-state index is -0.921. The number of aryl methyl sites for hydroxylation is 1. The fourth-order valence-electron chi connectivity index (χ4n) is 3.83. The quantitative estimate of drug-likeness (QED) is 0.309. The van der Waals surface area contributed by atoms with Crippen molar-refractivity contribution in [3.05, 3.63) is 94.4 Å². The van der Waals surface area contributed by atoms with Crippen LogP contribution in [0.3, 0.4) is 0 Å². The highest BCUT2D eigenvalue weighted by atomic mass is 35.5. The maximum Gasteiger partial charge on any atom is 0.311 e. The molecule has 0 saturated carbocycles. The Morgan fingerprint density at radius 3 is 2.57 bits per heavy atom. The molecule has 35 heavy (non-hydrogen) atoms. The number of aromatic nitrogens is 2. The number of ether oxygens (including phenoxy) is 1. The lowest BCUT2D eigenvalue weighted by molar-refractivity contribution is -0.147. The van der Waals surface area contributed by atoms with Crippen molar-refractivity contribution < 1.29 is 24.0 Å². The number of pyridine rings is 1. The van der Waals surface area contributed by atoms with Crippen LogP contribution in [0.4, 0.5) is 0 Å². The largest absolute Gasteiger partial charge is 0.481 e. The fourth-order valence-corrected chi connectivity index (χ4v) is 4.12. The topological polar surface area (TPSA) is 103 Å². The first-order chi connectivity index (χ1) is 16.8. The molecule has 1 unspecified atom stereocenters. The number of esters is 1. The number of carbonyl (C=O) groups excluding carboxylic acids is 1. The van der Waals surface area contributed by atoms with Crippen LogP contribution in [0.1, 0.15) is 35.4 Å². The molecule has 1 atom stereocenters. The summed E-state index contributed by atoms with van der Waals surface area (Å²) >= 11 is 6.23. The highest BCUT2D eigenvalue weighted by molar-refractivity contribution is 6.31. The molecule has 8 heteroatoms. The van der Waals surface area contributed by atoms with Crippen molar-refractivity contribution >= 4 is 23.5 Å². The van der Waals surface area contributed by atoms with Crippen LogP contribution in [0.25, 0.3) is 22.5 Å². The van der Waals surface area contributed by atoms with Gasteiger partial charge in [0.2, 0.25) is 0 Å². The SMILES string of the molecule is Cc1noc(-c2cccc(-c3cncc(CC(=O)O)c3)c2)c1CC(=O)OC(C)c1ccccc1Cl. The van der Waals surface area contributed by atoms with E-state index in [1.165, 1.54) is 6.20 Å². The molecule has 0 saturated heterocycles. The molecular weight excluding hydrogens is 468 g/mol. The number of nitrogens with zero attached hydrogens (tertiary/aromatic N) is 2. The maximum absolute atomic E-state index is 12.8. The molecule has 0 fully saturated rings. The van der Waals surface area contributed by atoms with Gasteiger partial charge in [-0.05, 0) is 43.2 Å². The second kappa shape index (κ2) is 10.5. The average Bonchev–Trinajstić information content (AvgIpc) is 3.19. The molecule has 0 amide bonds. The van der Waals surface area contributed by atoms with Gasteiger partial charge in [-0.1, -0.05) is 53.2 Å². The van der Waals surface area contributed by atoms with E-state index in [-0.39, 0.29) is 12.8 Å². The summed E-state index contributed by atoms with van der Waals surface area (Å²) in [4.78, 5) is 28.0. The van der Waals surface area contributed by atoms with Gasteiger partial charge in [0.25, 0.3) is 0 Å². The first kappa shape index (κ1) is 24.2. The molecule has 0 spiro atoms. The van der Waals surface area contributed by atoms with Crippen molar-refractivity contribution in [3.63, 3.8) is 0 Å². The van der Waals surface area contributed by atoms with Gasteiger partial charge in [0.05, 0.1) is 18.5 Å². The van der Waals surface area contributed by atoms with Crippen LogP contribution in [0.5, 0.6) is 0 Å². The van der Waals surface area contributed by atoms with E-state index in [2.05, 4.69) is 10.1 Å². The van der Waals surface area contributed by atoms with Crippen LogP contribution in [-0.4, -0.2) is 27.2 Å². The van der Waals surface area contributed by atoms with Crippen LogP contribution < -0.4 is 0 Å². The van der Waals surface area contributed by atoms with Gasteiger partial charge < -0.3 is 14.4 Å². The first-order valence-electron chi connectivity index (χ1n) is 11.0. The Morgan fingerprint density at radius 2 is 1.80 bits per heavy atom. The number of carboxylic acid groups (broad SMARTS) is 1. The number of aliphatic carboxylic acids is 1. The third-order valence-electron chi connectivity index (χ3n) is 5.57. The van der Waals surface area contributed by atoms with Gasteiger partial charge in [-0.25, -0.2) is 0 Å². The van der Waals surface area contributed by atoms with Crippen LogP contribution >= 0.6 is 11.6 Å². The molecule has 4 rings (SSSR count). The van der Waals surface area contributed by atoms with Crippen molar-refractivity contribution in [2.24, 2.45) is 0 Å². The average molecular weight is 491 g/mol. The lowest BCUT2D eigenvalue weighted by Crippen LogP contribution is -2.12. The molecule has 2 aromatic heterocycles. The van der Waals surface area contributed by atoms with Gasteiger partial charge in [0.1, 0.15) is 6.10 Å². The van der Waals surface area contributed by atoms with Gasteiger partial charge in [-0.2, -0.15) is 0 Å². The zero-order valence-corrected chi connectivity index (χ0v) is 20.0. The molecule has 0 aliphatic carbocycles. The smallest absolute Gasteiger partial charge is 0.311 e. The number of hydrogen-bond donors (Lipinski definition) is 1. The maximum atomic E-state index is 12.8. The van der Waals surface area contributed by atoms with E-state index in [9.17, 15) is 9.59 Å². The summed E-state index contributed by atoms with van der Waals surface area (Å²) < 4.78 is 11.2. The number of carboxylic acids is 1. The van der Waals surface area contributed by atoms with Gasteiger partial charge in [0.15, 0.2) is 5.76 Å². The molecule has 0 aliphatic rings. The predicted molar refractivity (Wildman–Crippen MR) is 131 cm³/mol. The second-order valence-electron chi connectivity index (χ2n) is 8.14. The standard InChI is InChI=1S/C27H23ClN2O5/c1-16-23(13-26(33)34-17(2)22-8-3-4-9-24(22)28)27(35-30-16)20-7-5-6-19(12-20)21-10-18(11-25(31)32)14-29-15-21/h3-10,12,14-15,17H,11,13H2,1-2H3,(H,31,32). The predicted octanol–water partition coefficient (Wildman–Crippen LogP) is 5.84. The van der Waals surface area contributed by atoms with E-state index < -0.39 is 18.0 Å². The number of hydrogen-bond acceptors (Lipinski definition) is 6. The third-order valence-corrected chi connectivity index (χ3v) is 5.91. The highest BCUT2D eigenvalue weighted by Gasteiger charge is 2.21. The lowest BCUT2D eigenvalue weighted by atomic mass is 9.99. The molecule has 0 bridgehead atoms. The third kappa shape index (κ3) is 5.75. The summed E-state index contributed by atoms with van der Waals surface area (Å²) in [6.07, 6.45) is 2.58. The number of carbonyl (C=O) groups is 2. The summed E-state index contributed by atoms with van der Waals surface area (Å²) in [6, 6.07) is 16.5. The van der Waals surface area contributed by atoms with E-state index in [4.69, 9.17) is 26.0 Å². The molecule has 1 N–H and O–H groups in total. The van der Waals surface area contributed by atoms with E-state index in [1.807, 2.05) is 42.5 Å². The monoisotopic (exact) mass is 490 g/mol. The van der Waals surface area contributed by atoms with Crippen molar-refractivity contribution in [1.29, 1.82) is 0 Å². The summed E-state index contributed by atoms with van der Waals surface area (Å²) in [6.45, 7) is 3.55. The van der Waals surface area contributed by atoms with E-state index >= 15 is 0 Å². The highest BCUT2D eigenvalue weighted by Crippen LogP contribution is 2.31. The fraction of sp³-hybridized carbons (Fsp3) is 0.185. The van der Waals surface area contributed by atoms with Gasteiger partial charge in [-0.15, -0.1) is 0 Å². The summed E-state index contributed by atoms with van der Waals surface area (Å²) in [7, 11) is 0. The first-order valence-corrected chi connectivity index (χ1v) is 11.3. The van der Waals surface area contributed by atoms with Crippen LogP contribution in [-0.2, 0) is 27.2 Å². The Balaban J connectivity index is 1.56. The van der Waals surface area contributed by atoms with E-state index in [1.54, 1.807) is 32.2 Å². The van der Waals surface area contributed by atoms with Gasteiger partial charge >= 0.3 is 11.9 Å². The second-order valence-corrected chi connectivity index (χ2v) is 8.55. The van der Waals surface area contributed by atoms with Crippen LogP contribution in [0.15, 0.2) is 71.5 Å². The molecule has 7 nitrogen and oxygen atoms in total. The van der Waals surface area contributed by atoms with Crippen molar-refractivity contribution in [2.45, 2.75) is 32.8 Å². The van der Waals surface area contributed by atoms with Crippen molar-refractivity contribution in [3.8, 4) is 22.5 Å². The van der Waals surface area contributed by atoms with E-state index in [0.717, 1.165) is 22.3 Å². The number of rotatable bonds is 8. The Bertz CT molecular complexity index is 1380. The van der Waals surface area contributed by atoms with Gasteiger partial charge in [0, 0.05) is 39.7 Å². The van der Waals surface area contributed by atoms with Gasteiger partial charge in [-0.3, -0.25) is 14.6 Å². The Hall–Kier alpha value is -3.97. The van der Waals surface area contributed by atoms with Crippen LogP contribution in [0, 0.1) is 6.92 Å². The summed E-state index contributed by atoms with van der Waals surface area (Å²) in [5.74, 6) is -0.872. The summed E-state index contributed by atoms with van der Waals surface area (Å²) in [5.41, 5.74) is 4.90. The minimum absolute atomic E-state index is 0.0145. The zero-order valence-electron chi connectivity index (χ0n) is 19.2. The number of benzene rings is 2. The molecule has 2 aromatic carbocycles. The lowest BCUT2D eigenvalue weighted by Gasteiger charge is -2.15. The Morgan fingerprint density at radius 1 is 1.03 bits per heavy atom. The molecule has 0 aliphatic heterocycles. The van der Waals surface area contributed by atoms with E-state index in [0.29, 0.717) is 27.6 Å². The molecule has 2 heterocycles. The van der Waals surface area contributed by atoms with Crippen molar-refractivity contribution in [2.75, 3.05) is 0 Å².